The third kappa shape index (κ3) is 3.51. The SMILES string of the molecule is COc1cc(C(CC(=O)O)C2CC2)c(C(C)(C)F)cc1OC. The van der Waals surface area contributed by atoms with Crippen molar-refractivity contribution >= 4 is 5.97 Å². The molecule has 1 aromatic carbocycles. The summed E-state index contributed by atoms with van der Waals surface area (Å²) >= 11 is 0. The predicted octanol–water partition coefficient (Wildman–Crippen LogP) is 3.88. The number of methoxy groups -OCH3 is 2. The van der Waals surface area contributed by atoms with Crippen LogP contribution in [0.4, 0.5) is 4.39 Å². The van der Waals surface area contributed by atoms with Crippen LogP contribution in [-0.4, -0.2) is 25.3 Å². The van der Waals surface area contributed by atoms with Gasteiger partial charge >= 0.3 is 5.97 Å². The molecule has 0 aromatic heterocycles. The lowest BCUT2D eigenvalue weighted by Gasteiger charge is -2.26. The van der Waals surface area contributed by atoms with Gasteiger partial charge in [0.2, 0.25) is 0 Å². The summed E-state index contributed by atoms with van der Waals surface area (Å²) in [6.07, 6.45) is 1.97. The van der Waals surface area contributed by atoms with E-state index in [2.05, 4.69) is 0 Å². The number of carboxylic acid groups (broad SMARTS) is 1. The Morgan fingerprint density at radius 3 is 2.27 bits per heavy atom. The number of rotatable bonds is 7. The van der Waals surface area contributed by atoms with Gasteiger partial charge < -0.3 is 14.6 Å². The van der Waals surface area contributed by atoms with Crippen LogP contribution in [0.3, 0.4) is 0 Å². The Bertz CT molecular complexity index is 559. The Balaban J connectivity index is 2.57. The number of hydrogen-bond acceptors (Lipinski definition) is 3. The van der Waals surface area contributed by atoms with Crippen molar-refractivity contribution in [2.45, 2.75) is 44.7 Å². The van der Waals surface area contributed by atoms with Crippen LogP contribution in [0.5, 0.6) is 11.5 Å². The van der Waals surface area contributed by atoms with E-state index in [0.717, 1.165) is 18.4 Å². The number of benzene rings is 1. The molecule has 0 aliphatic heterocycles. The maximum absolute atomic E-state index is 14.7. The smallest absolute Gasteiger partial charge is 0.303 e. The lowest BCUT2D eigenvalue weighted by Crippen LogP contribution is -2.18. The molecule has 1 saturated carbocycles. The number of halogens is 1. The molecule has 1 atom stereocenters. The van der Waals surface area contributed by atoms with Gasteiger partial charge in [-0.05, 0) is 61.8 Å². The zero-order valence-corrected chi connectivity index (χ0v) is 13.5. The molecule has 0 spiro atoms. The molecule has 5 heteroatoms. The van der Waals surface area contributed by atoms with Crippen molar-refractivity contribution in [3.05, 3.63) is 23.3 Å². The summed E-state index contributed by atoms with van der Waals surface area (Å²) < 4.78 is 25.2. The molecule has 0 amide bonds. The maximum atomic E-state index is 14.7. The van der Waals surface area contributed by atoms with Crippen LogP contribution in [0.1, 0.15) is 50.2 Å². The number of hydrogen-bond donors (Lipinski definition) is 1. The standard InChI is InChI=1S/C17H23FO4/c1-17(2,18)13-9-15(22-4)14(21-3)7-12(13)11(8-16(19)20)10-5-6-10/h7,9-11H,5-6,8H2,1-4H3,(H,19,20). The lowest BCUT2D eigenvalue weighted by molar-refractivity contribution is -0.137. The van der Waals surface area contributed by atoms with Gasteiger partial charge in [-0.2, -0.15) is 0 Å². The van der Waals surface area contributed by atoms with Crippen molar-refractivity contribution in [2.24, 2.45) is 5.92 Å². The van der Waals surface area contributed by atoms with Crippen LogP contribution in [0.25, 0.3) is 0 Å². The Morgan fingerprint density at radius 2 is 1.86 bits per heavy atom. The van der Waals surface area contributed by atoms with E-state index in [0.29, 0.717) is 23.0 Å². The zero-order valence-electron chi connectivity index (χ0n) is 13.5. The van der Waals surface area contributed by atoms with Crippen molar-refractivity contribution in [3.8, 4) is 11.5 Å². The fraction of sp³-hybridized carbons (Fsp3) is 0.588. The minimum Gasteiger partial charge on any atom is -0.493 e. The molecule has 22 heavy (non-hydrogen) atoms. The Labute approximate surface area is 130 Å². The highest BCUT2D eigenvalue weighted by atomic mass is 19.1. The van der Waals surface area contributed by atoms with Crippen LogP contribution >= 0.6 is 0 Å². The van der Waals surface area contributed by atoms with Crippen molar-refractivity contribution in [1.82, 2.24) is 0 Å². The van der Waals surface area contributed by atoms with Crippen molar-refractivity contribution < 1.29 is 23.8 Å². The molecule has 4 nitrogen and oxygen atoms in total. The van der Waals surface area contributed by atoms with Crippen molar-refractivity contribution in [3.63, 3.8) is 0 Å². The predicted molar refractivity (Wildman–Crippen MR) is 81.4 cm³/mol. The van der Waals surface area contributed by atoms with Gasteiger partial charge in [-0.25, -0.2) is 4.39 Å². The maximum Gasteiger partial charge on any atom is 0.303 e. The zero-order chi connectivity index (χ0) is 16.5. The van der Waals surface area contributed by atoms with E-state index in [-0.39, 0.29) is 12.3 Å². The third-order valence-corrected chi connectivity index (χ3v) is 4.18. The summed E-state index contributed by atoms with van der Waals surface area (Å²) in [6, 6.07) is 3.37. The van der Waals surface area contributed by atoms with Crippen molar-refractivity contribution in [1.29, 1.82) is 0 Å². The number of ether oxygens (including phenoxy) is 2. The minimum atomic E-state index is -1.58. The van der Waals surface area contributed by atoms with Gasteiger partial charge in [0.25, 0.3) is 0 Å². The topological polar surface area (TPSA) is 55.8 Å². The Kier molecular flexibility index (Phi) is 4.63. The van der Waals surface area contributed by atoms with Crippen LogP contribution < -0.4 is 9.47 Å². The third-order valence-electron chi connectivity index (χ3n) is 4.18. The first-order valence-corrected chi connectivity index (χ1v) is 7.45. The molecule has 1 fully saturated rings. The molecule has 1 unspecified atom stereocenters. The molecular weight excluding hydrogens is 287 g/mol. The van der Waals surface area contributed by atoms with E-state index < -0.39 is 11.6 Å². The molecule has 0 bridgehead atoms. The number of aliphatic carboxylic acids is 1. The first kappa shape index (κ1) is 16.6. The highest BCUT2D eigenvalue weighted by Gasteiger charge is 2.38. The largest absolute Gasteiger partial charge is 0.493 e. The Hall–Kier alpha value is -1.78. The van der Waals surface area contributed by atoms with Gasteiger partial charge in [0.1, 0.15) is 5.67 Å². The molecule has 0 heterocycles. The van der Waals surface area contributed by atoms with Crippen LogP contribution in [0, 0.1) is 5.92 Å². The number of alkyl halides is 1. The van der Waals surface area contributed by atoms with E-state index >= 15 is 0 Å². The second-order valence-electron chi connectivity index (χ2n) is 6.31. The number of carbonyl (C=O) groups is 1. The molecule has 122 valence electrons. The van der Waals surface area contributed by atoms with Crippen LogP contribution in [0.2, 0.25) is 0 Å². The quantitative estimate of drug-likeness (QED) is 0.830. The highest BCUT2D eigenvalue weighted by molar-refractivity contribution is 5.68. The molecule has 1 N–H and O–H groups in total. The molecule has 1 aliphatic carbocycles. The highest BCUT2D eigenvalue weighted by Crippen LogP contribution is 2.49. The van der Waals surface area contributed by atoms with Gasteiger partial charge in [-0.3, -0.25) is 4.79 Å². The molecule has 0 saturated heterocycles. The van der Waals surface area contributed by atoms with E-state index in [4.69, 9.17) is 9.47 Å². The van der Waals surface area contributed by atoms with Crippen LogP contribution in [0.15, 0.2) is 12.1 Å². The summed E-state index contributed by atoms with van der Waals surface area (Å²) in [5.74, 6) is 0.199. The van der Waals surface area contributed by atoms with Gasteiger partial charge in [0, 0.05) is 0 Å². The molecular formula is C17H23FO4. The molecule has 0 radical (unpaired) electrons. The average Bonchev–Trinajstić information content (AvgIpc) is 3.26. The summed E-state index contributed by atoms with van der Waals surface area (Å²) in [4.78, 5) is 11.2. The van der Waals surface area contributed by atoms with Crippen molar-refractivity contribution in [2.75, 3.05) is 14.2 Å². The van der Waals surface area contributed by atoms with Gasteiger partial charge in [-0.1, -0.05) is 0 Å². The molecule has 2 rings (SSSR count). The fourth-order valence-corrected chi connectivity index (χ4v) is 2.93. The van der Waals surface area contributed by atoms with Crippen LogP contribution in [-0.2, 0) is 10.5 Å². The fourth-order valence-electron chi connectivity index (χ4n) is 2.93. The molecule has 1 aromatic rings. The second kappa shape index (κ2) is 6.15. The lowest BCUT2D eigenvalue weighted by atomic mass is 9.82. The monoisotopic (exact) mass is 310 g/mol. The van der Waals surface area contributed by atoms with E-state index in [1.54, 1.807) is 12.1 Å². The second-order valence-corrected chi connectivity index (χ2v) is 6.31. The van der Waals surface area contributed by atoms with Gasteiger partial charge in [-0.15, -0.1) is 0 Å². The summed E-state index contributed by atoms with van der Waals surface area (Å²) in [6.45, 7) is 2.95. The first-order valence-electron chi connectivity index (χ1n) is 7.45. The van der Waals surface area contributed by atoms with Gasteiger partial charge in [0.15, 0.2) is 11.5 Å². The Morgan fingerprint density at radius 1 is 1.32 bits per heavy atom. The van der Waals surface area contributed by atoms with E-state index in [1.165, 1.54) is 28.1 Å². The normalized spacial score (nSPS) is 16.2. The summed E-state index contributed by atoms with van der Waals surface area (Å²) in [5.41, 5.74) is -0.390. The average molecular weight is 310 g/mol. The van der Waals surface area contributed by atoms with Gasteiger partial charge in [0.05, 0.1) is 20.6 Å². The number of carboxylic acids is 1. The minimum absolute atomic E-state index is 0.00320. The molecule has 1 aliphatic rings. The van der Waals surface area contributed by atoms with E-state index in [9.17, 15) is 14.3 Å². The summed E-state index contributed by atoms with van der Waals surface area (Å²) in [5, 5.41) is 9.19. The first-order chi connectivity index (χ1) is 10.3. The summed E-state index contributed by atoms with van der Waals surface area (Å²) in [7, 11) is 3.02. The van der Waals surface area contributed by atoms with E-state index in [1.807, 2.05) is 0 Å².